The Bertz CT molecular complexity index is 1040. The zero-order valence-corrected chi connectivity index (χ0v) is 16.7. The van der Waals surface area contributed by atoms with Gasteiger partial charge in [-0.05, 0) is 54.8 Å². The zero-order valence-electron chi connectivity index (χ0n) is 16.7. The van der Waals surface area contributed by atoms with E-state index in [4.69, 9.17) is 0 Å². The SMILES string of the molecule is C=CCN1C(=O)C(Nc2ccc(NC(C)=O)cc2)=C(c2ccc(C)c(C)c2)C1=O. The van der Waals surface area contributed by atoms with Crippen LogP contribution in [0.25, 0.3) is 5.57 Å². The number of benzene rings is 2. The van der Waals surface area contributed by atoms with E-state index in [9.17, 15) is 14.4 Å². The Kier molecular flexibility index (Phi) is 5.64. The van der Waals surface area contributed by atoms with Crippen molar-refractivity contribution in [2.24, 2.45) is 0 Å². The molecule has 148 valence electrons. The molecule has 2 N–H and O–H groups in total. The molecule has 29 heavy (non-hydrogen) atoms. The van der Waals surface area contributed by atoms with Crippen LogP contribution in [-0.4, -0.2) is 29.2 Å². The van der Waals surface area contributed by atoms with E-state index in [0.29, 0.717) is 22.5 Å². The molecule has 0 saturated carbocycles. The van der Waals surface area contributed by atoms with Crippen molar-refractivity contribution in [2.45, 2.75) is 20.8 Å². The van der Waals surface area contributed by atoms with E-state index in [2.05, 4.69) is 17.2 Å². The fourth-order valence-corrected chi connectivity index (χ4v) is 3.14. The third-order valence-electron chi connectivity index (χ3n) is 4.75. The van der Waals surface area contributed by atoms with Gasteiger partial charge in [-0.2, -0.15) is 0 Å². The molecular formula is C23H23N3O3. The van der Waals surface area contributed by atoms with E-state index >= 15 is 0 Å². The summed E-state index contributed by atoms with van der Waals surface area (Å²) in [6.45, 7) is 9.17. The molecule has 1 aliphatic rings. The highest BCUT2D eigenvalue weighted by atomic mass is 16.2. The summed E-state index contributed by atoms with van der Waals surface area (Å²) in [5, 5.41) is 5.79. The summed E-state index contributed by atoms with van der Waals surface area (Å²) in [7, 11) is 0. The molecule has 1 aliphatic heterocycles. The van der Waals surface area contributed by atoms with Crippen LogP contribution in [0.15, 0.2) is 60.8 Å². The molecule has 1 heterocycles. The predicted molar refractivity (Wildman–Crippen MR) is 114 cm³/mol. The molecule has 0 saturated heterocycles. The number of nitrogens with one attached hydrogen (secondary N) is 2. The van der Waals surface area contributed by atoms with Gasteiger partial charge in [0.1, 0.15) is 5.70 Å². The number of anilines is 2. The number of nitrogens with zero attached hydrogens (tertiary/aromatic N) is 1. The average Bonchev–Trinajstić information content (AvgIpc) is 2.90. The number of rotatable bonds is 6. The van der Waals surface area contributed by atoms with E-state index < -0.39 is 5.91 Å². The number of hydrogen-bond acceptors (Lipinski definition) is 4. The fourth-order valence-electron chi connectivity index (χ4n) is 3.14. The molecule has 0 aliphatic carbocycles. The number of imide groups is 1. The van der Waals surface area contributed by atoms with Crippen molar-refractivity contribution >= 4 is 34.7 Å². The van der Waals surface area contributed by atoms with Crippen LogP contribution >= 0.6 is 0 Å². The molecule has 0 bridgehead atoms. The number of carbonyl (C=O) groups is 3. The van der Waals surface area contributed by atoms with Gasteiger partial charge in [0, 0.05) is 24.8 Å². The maximum atomic E-state index is 13.0. The Morgan fingerprint density at radius 3 is 2.24 bits per heavy atom. The van der Waals surface area contributed by atoms with Gasteiger partial charge in [-0.25, -0.2) is 0 Å². The van der Waals surface area contributed by atoms with Gasteiger partial charge in [0.25, 0.3) is 11.8 Å². The zero-order chi connectivity index (χ0) is 21.1. The van der Waals surface area contributed by atoms with Crippen LogP contribution in [0.2, 0.25) is 0 Å². The molecule has 0 atom stereocenters. The minimum atomic E-state index is -0.394. The predicted octanol–water partition coefficient (Wildman–Crippen LogP) is 3.64. The summed E-state index contributed by atoms with van der Waals surface area (Å²) in [6, 6.07) is 12.6. The first-order valence-corrected chi connectivity index (χ1v) is 9.25. The Morgan fingerprint density at radius 1 is 1.00 bits per heavy atom. The number of hydrogen-bond donors (Lipinski definition) is 2. The van der Waals surface area contributed by atoms with Gasteiger partial charge >= 0.3 is 0 Å². The van der Waals surface area contributed by atoms with Crippen molar-refractivity contribution in [3.63, 3.8) is 0 Å². The second kappa shape index (κ2) is 8.14. The Morgan fingerprint density at radius 2 is 1.66 bits per heavy atom. The second-order valence-corrected chi connectivity index (χ2v) is 6.94. The van der Waals surface area contributed by atoms with Gasteiger partial charge in [-0.15, -0.1) is 6.58 Å². The topological polar surface area (TPSA) is 78.5 Å². The van der Waals surface area contributed by atoms with Crippen LogP contribution in [0.4, 0.5) is 11.4 Å². The lowest BCUT2D eigenvalue weighted by molar-refractivity contribution is -0.136. The van der Waals surface area contributed by atoms with Crippen molar-refractivity contribution in [1.29, 1.82) is 0 Å². The van der Waals surface area contributed by atoms with Crippen LogP contribution in [0, 0.1) is 13.8 Å². The van der Waals surface area contributed by atoms with E-state index in [1.807, 2.05) is 32.0 Å². The maximum Gasteiger partial charge on any atom is 0.278 e. The second-order valence-electron chi connectivity index (χ2n) is 6.94. The number of amides is 3. The first-order chi connectivity index (χ1) is 13.8. The number of carbonyl (C=O) groups excluding carboxylic acids is 3. The quantitative estimate of drug-likeness (QED) is 0.584. The normalized spacial score (nSPS) is 13.7. The molecule has 3 amide bonds. The van der Waals surface area contributed by atoms with Crippen molar-refractivity contribution in [1.82, 2.24) is 4.90 Å². The average molecular weight is 389 g/mol. The minimum absolute atomic E-state index is 0.138. The van der Waals surface area contributed by atoms with Crippen LogP contribution in [-0.2, 0) is 14.4 Å². The molecule has 6 nitrogen and oxygen atoms in total. The first kappa shape index (κ1) is 20.1. The molecule has 2 aromatic rings. The van der Waals surface area contributed by atoms with E-state index in [1.165, 1.54) is 17.9 Å². The monoisotopic (exact) mass is 389 g/mol. The molecular weight excluding hydrogens is 366 g/mol. The Balaban J connectivity index is 2.01. The Labute approximate surface area is 169 Å². The van der Waals surface area contributed by atoms with Gasteiger partial charge in [0.15, 0.2) is 0 Å². The van der Waals surface area contributed by atoms with Crippen LogP contribution in [0.5, 0.6) is 0 Å². The molecule has 6 heteroatoms. The van der Waals surface area contributed by atoms with Crippen LogP contribution < -0.4 is 10.6 Å². The third-order valence-corrected chi connectivity index (χ3v) is 4.75. The summed E-state index contributed by atoms with van der Waals surface area (Å²) >= 11 is 0. The molecule has 0 fully saturated rings. The minimum Gasteiger partial charge on any atom is -0.350 e. The summed E-state index contributed by atoms with van der Waals surface area (Å²) in [5.41, 5.74) is 4.69. The van der Waals surface area contributed by atoms with Crippen molar-refractivity contribution in [3.8, 4) is 0 Å². The summed E-state index contributed by atoms with van der Waals surface area (Å²) < 4.78 is 0. The molecule has 2 aromatic carbocycles. The van der Waals surface area contributed by atoms with Crippen molar-refractivity contribution in [3.05, 3.63) is 77.5 Å². The van der Waals surface area contributed by atoms with Gasteiger partial charge in [0.2, 0.25) is 5.91 Å². The third kappa shape index (κ3) is 4.11. The lowest BCUT2D eigenvalue weighted by atomic mass is 9.99. The molecule has 0 unspecified atom stereocenters. The highest BCUT2D eigenvalue weighted by Gasteiger charge is 2.38. The van der Waals surface area contributed by atoms with E-state index in [-0.39, 0.29) is 24.1 Å². The standard InChI is InChI=1S/C23H23N3O3/c1-5-12-26-22(28)20(17-7-6-14(2)15(3)13-17)21(23(26)29)25-19-10-8-18(9-11-19)24-16(4)27/h5-11,13,25H,1,12H2,2-4H3,(H,24,27). The van der Waals surface area contributed by atoms with Gasteiger partial charge in [-0.3, -0.25) is 19.3 Å². The lowest BCUT2D eigenvalue weighted by Gasteiger charge is -2.12. The molecule has 0 radical (unpaired) electrons. The highest BCUT2D eigenvalue weighted by molar-refractivity contribution is 6.36. The van der Waals surface area contributed by atoms with Gasteiger partial charge < -0.3 is 10.6 Å². The Hall–Kier alpha value is -3.67. The van der Waals surface area contributed by atoms with Crippen LogP contribution in [0.1, 0.15) is 23.6 Å². The summed E-state index contributed by atoms with van der Waals surface area (Å²) in [6.07, 6.45) is 1.53. The fraction of sp³-hybridized carbons (Fsp3) is 0.174. The lowest BCUT2D eigenvalue weighted by Crippen LogP contribution is -2.32. The van der Waals surface area contributed by atoms with Gasteiger partial charge in [-0.1, -0.05) is 24.3 Å². The maximum absolute atomic E-state index is 13.0. The summed E-state index contributed by atoms with van der Waals surface area (Å²) in [5.74, 6) is -0.910. The van der Waals surface area contributed by atoms with Crippen molar-refractivity contribution in [2.75, 3.05) is 17.2 Å². The van der Waals surface area contributed by atoms with Crippen molar-refractivity contribution < 1.29 is 14.4 Å². The van der Waals surface area contributed by atoms with E-state index in [0.717, 1.165) is 11.1 Å². The van der Waals surface area contributed by atoms with Crippen LogP contribution in [0.3, 0.4) is 0 Å². The van der Waals surface area contributed by atoms with Gasteiger partial charge in [0.05, 0.1) is 5.57 Å². The highest BCUT2D eigenvalue weighted by Crippen LogP contribution is 2.31. The summed E-state index contributed by atoms with van der Waals surface area (Å²) in [4.78, 5) is 38.3. The first-order valence-electron chi connectivity index (χ1n) is 9.25. The molecule has 0 aromatic heterocycles. The number of aryl methyl sites for hydroxylation is 2. The van der Waals surface area contributed by atoms with E-state index in [1.54, 1.807) is 24.3 Å². The molecule has 3 rings (SSSR count). The largest absolute Gasteiger partial charge is 0.350 e. The molecule has 0 spiro atoms. The smallest absolute Gasteiger partial charge is 0.278 e.